The molecule has 0 aromatic heterocycles. The van der Waals surface area contributed by atoms with Crippen molar-refractivity contribution in [3.63, 3.8) is 0 Å². The van der Waals surface area contributed by atoms with Gasteiger partial charge in [0.1, 0.15) is 0 Å². The lowest BCUT2D eigenvalue weighted by molar-refractivity contribution is 0.655. The summed E-state index contributed by atoms with van der Waals surface area (Å²) >= 11 is 0. The highest BCUT2D eigenvalue weighted by Crippen LogP contribution is 2.49. The van der Waals surface area contributed by atoms with Gasteiger partial charge in [-0.3, -0.25) is 0 Å². The van der Waals surface area contributed by atoms with E-state index in [1.165, 1.54) is 34.2 Å². The van der Waals surface area contributed by atoms with Crippen molar-refractivity contribution in [2.75, 3.05) is 0 Å². The number of fused-ring (bicyclic) bond motifs is 3. The molecule has 0 heterocycles. The Morgan fingerprint density at radius 2 is 1.33 bits per heavy atom. The zero-order valence-electron chi connectivity index (χ0n) is 14.7. The molecule has 1 aliphatic carbocycles. The zero-order valence-corrected chi connectivity index (χ0v) is 14.7. The van der Waals surface area contributed by atoms with Crippen LogP contribution in [-0.4, -0.2) is 0 Å². The van der Waals surface area contributed by atoms with E-state index in [1.807, 2.05) is 13.8 Å². The van der Waals surface area contributed by atoms with Crippen LogP contribution in [0.25, 0.3) is 11.1 Å². The summed E-state index contributed by atoms with van der Waals surface area (Å²) in [5.41, 5.74) is 7.33. The Labute approximate surface area is 131 Å². The van der Waals surface area contributed by atoms with Crippen LogP contribution < -0.4 is 0 Å². The van der Waals surface area contributed by atoms with Crippen LogP contribution >= 0.6 is 0 Å². The molecule has 0 spiro atoms. The van der Waals surface area contributed by atoms with Gasteiger partial charge in [0.05, 0.1) is 0 Å². The molecule has 0 bridgehead atoms. The molecule has 0 radical (unpaired) electrons. The predicted octanol–water partition coefficient (Wildman–Crippen LogP) is 6.74. The third-order valence-electron chi connectivity index (χ3n) is 3.79. The van der Waals surface area contributed by atoms with Gasteiger partial charge in [0.2, 0.25) is 0 Å². The Balaban J connectivity index is 0.000000395. The number of hydrogen-bond acceptors (Lipinski definition) is 0. The minimum absolute atomic E-state index is 0.150. The standard InChI is InChI=1S/C16H16.C3H8.C2H6/c1-11-7-6-9-13-12-8-4-5-10-14(12)16(2,3)15(11)13;1-3-2;1-2/h4-10H,1-3H3;3H2,1-2H3;1-2H3. The topological polar surface area (TPSA) is 0 Å². The van der Waals surface area contributed by atoms with Gasteiger partial charge >= 0.3 is 0 Å². The summed E-state index contributed by atoms with van der Waals surface area (Å²) < 4.78 is 0. The largest absolute Gasteiger partial charge is 0.0683 e. The number of hydrogen-bond donors (Lipinski definition) is 0. The summed E-state index contributed by atoms with van der Waals surface area (Å²) in [6.45, 7) is 15.1. The molecular weight excluding hydrogens is 252 g/mol. The van der Waals surface area contributed by atoms with Gasteiger partial charge in [-0.1, -0.05) is 90.4 Å². The summed E-state index contributed by atoms with van der Waals surface area (Å²) in [6.07, 6.45) is 1.25. The molecule has 3 rings (SSSR count). The van der Waals surface area contributed by atoms with Crippen molar-refractivity contribution in [1.82, 2.24) is 0 Å². The Kier molecular flexibility index (Phi) is 6.20. The van der Waals surface area contributed by atoms with Crippen LogP contribution in [0.1, 0.15) is 64.7 Å². The smallest absolute Gasteiger partial charge is 0.0161 e. The summed E-state index contributed by atoms with van der Waals surface area (Å²) in [6, 6.07) is 15.4. The lowest BCUT2D eigenvalue weighted by Gasteiger charge is -2.23. The quantitative estimate of drug-likeness (QED) is 0.501. The summed E-state index contributed by atoms with van der Waals surface area (Å²) in [7, 11) is 0. The van der Waals surface area contributed by atoms with E-state index < -0.39 is 0 Å². The fraction of sp³-hybridized carbons (Fsp3) is 0.429. The van der Waals surface area contributed by atoms with E-state index in [2.05, 4.69) is 77.1 Å². The van der Waals surface area contributed by atoms with E-state index >= 15 is 0 Å². The molecule has 0 fully saturated rings. The van der Waals surface area contributed by atoms with Gasteiger partial charge in [-0.2, -0.15) is 0 Å². The monoisotopic (exact) mass is 282 g/mol. The fourth-order valence-electron chi connectivity index (χ4n) is 3.12. The molecule has 21 heavy (non-hydrogen) atoms. The normalized spacial score (nSPS) is 13.1. The average Bonchev–Trinajstić information content (AvgIpc) is 2.72. The number of rotatable bonds is 0. The molecule has 0 amide bonds. The summed E-state index contributed by atoms with van der Waals surface area (Å²) in [4.78, 5) is 0. The van der Waals surface area contributed by atoms with Gasteiger partial charge in [-0.15, -0.1) is 0 Å². The van der Waals surface area contributed by atoms with Gasteiger partial charge in [0, 0.05) is 5.41 Å². The molecule has 2 aromatic carbocycles. The lowest BCUT2D eigenvalue weighted by Crippen LogP contribution is -2.16. The molecule has 0 nitrogen and oxygen atoms in total. The minimum Gasteiger partial charge on any atom is -0.0683 e. The van der Waals surface area contributed by atoms with Gasteiger partial charge in [-0.05, 0) is 34.7 Å². The maximum atomic E-state index is 2.32. The van der Waals surface area contributed by atoms with Crippen molar-refractivity contribution < 1.29 is 0 Å². The second-order valence-electron chi connectivity index (χ2n) is 5.88. The summed E-state index contributed by atoms with van der Waals surface area (Å²) in [5, 5.41) is 0. The molecule has 0 heteroatoms. The Morgan fingerprint density at radius 1 is 0.810 bits per heavy atom. The van der Waals surface area contributed by atoms with Crippen molar-refractivity contribution in [3.8, 4) is 11.1 Å². The van der Waals surface area contributed by atoms with E-state index in [9.17, 15) is 0 Å². The molecule has 0 unspecified atom stereocenters. The predicted molar refractivity (Wildman–Crippen MR) is 96.1 cm³/mol. The first-order valence-corrected chi connectivity index (χ1v) is 8.24. The number of benzene rings is 2. The maximum Gasteiger partial charge on any atom is 0.0161 e. The first kappa shape index (κ1) is 17.5. The van der Waals surface area contributed by atoms with Crippen LogP contribution in [0.5, 0.6) is 0 Å². The van der Waals surface area contributed by atoms with Gasteiger partial charge in [0.25, 0.3) is 0 Å². The average molecular weight is 282 g/mol. The second-order valence-corrected chi connectivity index (χ2v) is 5.88. The highest BCUT2D eigenvalue weighted by Gasteiger charge is 2.35. The summed E-state index contributed by atoms with van der Waals surface area (Å²) in [5.74, 6) is 0. The molecular formula is C21H30. The molecule has 114 valence electrons. The van der Waals surface area contributed by atoms with Crippen LogP contribution in [-0.2, 0) is 5.41 Å². The molecule has 2 aromatic rings. The van der Waals surface area contributed by atoms with Crippen LogP contribution in [0.2, 0.25) is 0 Å². The van der Waals surface area contributed by atoms with Crippen LogP contribution in [0.15, 0.2) is 42.5 Å². The van der Waals surface area contributed by atoms with Gasteiger partial charge < -0.3 is 0 Å². The Bertz CT molecular complexity index is 576. The van der Waals surface area contributed by atoms with Crippen molar-refractivity contribution in [3.05, 3.63) is 59.2 Å². The van der Waals surface area contributed by atoms with Gasteiger partial charge in [-0.25, -0.2) is 0 Å². The zero-order chi connectivity index (χ0) is 16.0. The third-order valence-corrected chi connectivity index (χ3v) is 3.79. The first-order chi connectivity index (χ1) is 10.0. The molecule has 0 saturated heterocycles. The van der Waals surface area contributed by atoms with Crippen LogP contribution in [0.4, 0.5) is 0 Å². The van der Waals surface area contributed by atoms with Crippen molar-refractivity contribution in [2.24, 2.45) is 0 Å². The molecule has 0 saturated carbocycles. The van der Waals surface area contributed by atoms with E-state index in [0.717, 1.165) is 0 Å². The van der Waals surface area contributed by atoms with Crippen molar-refractivity contribution >= 4 is 0 Å². The highest BCUT2D eigenvalue weighted by molar-refractivity contribution is 5.81. The maximum absolute atomic E-state index is 2.32. The Hall–Kier alpha value is -1.56. The molecule has 0 N–H and O–H groups in total. The fourth-order valence-corrected chi connectivity index (χ4v) is 3.12. The number of aryl methyl sites for hydroxylation is 1. The lowest BCUT2D eigenvalue weighted by atomic mass is 9.80. The van der Waals surface area contributed by atoms with Gasteiger partial charge in [0.15, 0.2) is 0 Å². The highest BCUT2D eigenvalue weighted by atomic mass is 14.4. The van der Waals surface area contributed by atoms with E-state index in [4.69, 9.17) is 0 Å². The Morgan fingerprint density at radius 3 is 1.95 bits per heavy atom. The van der Waals surface area contributed by atoms with Crippen LogP contribution in [0.3, 0.4) is 0 Å². The minimum atomic E-state index is 0.150. The molecule has 0 atom stereocenters. The second kappa shape index (κ2) is 7.45. The van der Waals surface area contributed by atoms with E-state index in [1.54, 1.807) is 0 Å². The third kappa shape index (κ3) is 3.20. The van der Waals surface area contributed by atoms with Crippen molar-refractivity contribution in [1.29, 1.82) is 0 Å². The van der Waals surface area contributed by atoms with Crippen LogP contribution in [0, 0.1) is 6.92 Å². The molecule has 0 aliphatic heterocycles. The van der Waals surface area contributed by atoms with Crippen molar-refractivity contribution in [2.45, 2.75) is 60.3 Å². The van der Waals surface area contributed by atoms with E-state index in [-0.39, 0.29) is 5.41 Å². The van der Waals surface area contributed by atoms with E-state index in [0.29, 0.717) is 0 Å². The first-order valence-electron chi connectivity index (χ1n) is 8.24. The SMILES string of the molecule is CC.CCC.Cc1cccc2c1C(C)(C)c1ccccc1-2. The molecule has 1 aliphatic rings.